The Labute approximate surface area is 280 Å². The first-order valence-corrected chi connectivity index (χ1v) is 21.7. The van der Waals surface area contributed by atoms with E-state index in [0.29, 0.717) is 0 Å². The zero-order valence-corrected chi connectivity index (χ0v) is 31.3. The average molecular weight is 625 g/mol. The van der Waals surface area contributed by atoms with Crippen molar-refractivity contribution in [3.05, 3.63) is 10.5 Å². The summed E-state index contributed by atoms with van der Waals surface area (Å²) in [6.45, 7) is 12.6. The van der Waals surface area contributed by atoms with Crippen molar-refractivity contribution in [2.24, 2.45) is 59.2 Å². The highest BCUT2D eigenvalue weighted by molar-refractivity contribution is 8.04. The molecule has 0 spiro atoms. The zero-order valence-electron chi connectivity index (χ0n) is 30.4. The first-order chi connectivity index (χ1) is 21.5. The molecule has 5 aliphatic rings. The van der Waals surface area contributed by atoms with E-state index in [9.17, 15) is 0 Å². The lowest BCUT2D eigenvalue weighted by Crippen LogP contribution is -2.45. The van der Waals surface area contributed by atoms with Gasteiger partial charge in [0.2, 0.25) is 0 Å². The smallest absolute Gasteiger partial charge is 0.0160 e. The Morgan fingerprint density at radius 2 is 1.34 bits per heavy atom. The van der Waals surface area contributed by atoms with Crippen LogP contribution in [0.1, 0.15) is 195 Å². The zero-order chi connectivity index (χ0) is 30.9. The molecule has 1 heterocycles. The van der Waals surface area contributed by atoms with E-state index in [1.165, 1.54) is 96.3 Å². The Bertz CT molecular complexity index is 845. The van der Waals surface area contributed by atoms with Crippen LogP contribution in [-0.2, 0) is 0 Å². The van der Waals surface area contributed by atoms with Gasteiger partial charge in [-0.05, 0) is 122 Å². The fourth-order valence-electron chi connectivity index (χ4n) is 12.1. The lowest BCUT2D eigenvalue weighted by molar-refractivity contribution is -0.0138. The maximum absolute atomic E-state index is 2.78. The van der Waals surface area contributed by atoms with Gasteiger partial charge in [-0.1, -0.05) is 142 Å². The summed E-state index contributed by atoms with van der Waals surface area (Å²) in [6, 6.07) is 0. The van der Waals surface area contributed by atoms with Gasteiger partial charge in [0.1, 0.15) is 0 Å². The standard InChI is InChI=1S/C43H76S/c1-6-9-12-18-33(8-3)23-25-38-31(4)27-37(35-21-15-11-16-22-35)30-41(43-28-32(5)42(44-43)17-7-2)40-29-36(24-26-39(38)40)34-19-13-10-14-20-34/h31,33-41,43H,6-30H2,1-5H3. The van der Waals surface area contributed by atoms with Crippen molar-refractivity contribution >= 4 is 11.8 Å². The van der Waals surface area contributed by atoms with E-state index in [1.807, 2.05) is 4.91 Å². The highest BCUT2D eigenvalue weighted by atomic mass is 32.2. The van der Waals surface area contributed by atoms with Crippen LogP contribution in [0.25, 0.3) is 0 Å². The molecule has 9 unspecified atom stereocenters. The van der Waals surface area contributed by atoms with E-state index in [-0.39, 0.29) is 0 Å². The van der Waals surface area contributed by atoms with Crippen LogP contribution in [0.2, 0.25) is 0 Å². The third-order valence-corrected chi connectivity index (χ3v) is 16.3. The second kappa shape index (κ2) is 18.0. The molecule has 0 aromatic heterocycles. The molecule has 0 bridgehead atoms. The van der Waals surface area contributed by atoms with Gasteiger partial charge in [0, 0.05) is 5.25 Å². The molecule has 1 heteroatoms. The monoisotopic (exact) mass is 625 g/mol. The van der Waals surface area contributed by atoms with Crippen LogP contribution in [0.3, 0.4) is 0 Å². The van der Waals surface area contributed by atoms with Crippen LogP contribution in [-0.4, -0.2) is 5.25 Å². The van der Waals surface area contributed by atoms with Crippen molar-refractivity contribution < 1.29 is 0 Å². The minimum Gasteiger partial charge on any atom is -0.127 e. The molecule has 4 aliphatic carbocycles. The Hall–Kier alpha value is 0.0900. The van der Waals surface area contributed by atoms with Gasteiger partial charge in [0.05, 0.1) is 0 Å². The van der Waals surface area contributed by atoms with Gasteiger partial charge < -0.3 is 0 Å². The molecule has 254 valence electrons. The number of fused-ring (bicyclic) bond motifs is 1. The Balaban J connectivity index is 1.43. The fourth-order valence-corrected chi connectivity index (χ4v) is 13.9. The molecule has 0 radical (unpaired) electrons. The Morgan fingerprint density at radius 3 is 2.00 bits per heavy atom. The third-order valence-electron chi connectivity index (χ3n) is 14.6. The fraction of sp³-hybridized carbons (Fsp3) is 0.953. The SMILES string of the molecule is CCCCCC(CC)CCC1C(C)CC(C2CCCCC2)CC(C2CC(C)=C(CCC)S2)C2CC(C3CCCCC3)CCC12. The van der Waals surface area contributed by atoms with E-state index < -0.39 is 0 Å². The topological polar surface area (TPSA) is 0 Å². The lowest BCUT2D eigenvalue weighted by atomic mass is 9.54. The summed E-state index contributed by atoms with van der Waals surface area (Å²) in [5.74, 6) is 10.1. The Kier molecular flexibility index (Phi) is 14.5. The number of allylic oxidation sites excluding steroid dienone is 2. The van der Waals surface area contributed by atoms with Crippen LogP contribution in [0.5, 0.6) is 0 Å². The summed E-state index contributed by atoms with van der Waals surface area (Å²) in [6.07, 6.45) is 37.7. The summed E-state index contributed by atoms with van der Waals surface area (Å²) in [4.78, 5) is 1.81. The van der Waals surface area contributed by atoms with Gasteiger partial charge in [-0.25, -0.2) is 0 Å². The molecular weight excluding hydrogens is 549 g/mol. The van der Waals surface area contributed by atoms with Gasteiger partial charge >= 0.3 is 0 Å². The number of unbranched alkanes of at least 4 members (excludes halogenated alkanes) is 2. The van der Waals surface area contributed by atoms with Crippen molar-refractivity contribution in [1.29, 1.82) is 0 Å². The lowest BCUT2D eigenvalue weighted by Gasteiger charge is -2.52. The van der Waals surface area contributed by atoms with Crippen LogP contribution < -0.4 is 0 Å². The molecule has 0 N–H and O–H groups in total. The van der Waals surface area contributed by atoms with Gasteiger partial charge in [-0.2, -0.15) is 0 Å². The van der Waals surface area contributed by atoms with Crippen LogP contribution >= 0.6 is 11.8 Å². The number of thioether (sulfide) groups is 1. The summed E-state index contributed by atoms with van der Waals surface area (Å²) < 4.78 is 0. The summed E-state index contributed by atoms with van der Waals surface area (Å²) >= 11 is 2.42. The summed E-state index contributed by atoms with van der Waals surface area (Å²) in [5, 5.41) is 0.895. The van der Waals surface area contributed by atoms with Crippen LogP contribution in [0.15, 0.2) is 10.5 Å². The molecule has 1 aliphatic heterocycles. The molecule has 44 heavy (non-hydrogen) atoms. The third kappa shape index (κ3) is 9.16. The molecule has 0 aromatic carbocycles. The van der Waals surface area contributed by atoms with Crippen molar-refractivity contribution in [1.82, 2.24) is 0 Å². The highest BCUT2D eigenvalue weighted by Gasteiger charge is 2.48. The first-order valence-electron chi connectivity index (χ1n) is 20.9. The van der Waals surface area contributed by atoms with E-state index in [1.54, 1.807) is 69.8 Å². The average Bonchev–Trinajstić information content (AvgIpc) is 3.42. The molecular formula is C43H76S. The second-order valence-corrected chi connectivity index (χ2v) is 18.7. The van der Waals surface area contributed by atoms with Crippen molar-refractivity contribution in [3.8, 4) is 0 Å². The number of hydrogen-bond donors (Lipinski definition) is 0. The summed E-state index contributed by atoms with van der Waals surface area (Å²) in [5.41, 5.74) is 1.79. The van der Waals surface area contributed by atoms with Gasteiger partial charge in [0.15, 0.2) is 0 Å². The highest BCUT2D eigenvalue weighted by Crippen LogP contribution is 2.58. The molecule has 4 saturated carbocycles. The van der Waals surface area contributed by atoms with E-state index in [2.05, 4.69) is 46.4 Å². The van der Waals surface area contributed by atoms with Crippen LogP contribution in [0, 0.1) is 59.2 Å². The first kappa shape index (κ1) is 35.4. The predicted octanol–water partition coefficient (Wildman–Crippen LogP) is 14.4. The second-order valence-electron chi connectivity index (χ2n) is 17.4. The van der Waals surface area contributed by atoms with E-state index >= 15 is 0 Å². The largest absolute Gasteiger partial charge is 0.127 e. The van der Waals surface area contributed by atoms with Gasteiger partial charge in [-0.3, -0.25) is 0 Å². The Morgan fingerprint density at radius 1 is 0.659 bits per heavy atom. The maximum atomic E-state index is 2.78. The number of hydrogen-bond acceptors (Lipinski definition) is 1. The molecule has 4 fully saturated rings. The molecule has 5 rings (SSSR count). The van der Waals surface area contributed by atoms with Crippen molar-refractivity contribution in [2.45, 2.75) is 200 Å². The van der Waals surface area contributed by atoms with Crippen molar-refractivity contribution in [3.63, 3.8) is 0 Å². The van der Waals surface area contributed by atoms with E-state index in [4.69, 9.17) is 0 Å². The minimum atomic E-state index is 0.895. The summed E-state index contributed by atoms with van der Waals surface area (Å²) in [7, 11) is 0. The number of rotatable bonds is 13. The van der Waals surface area contributed by atoms with Gasteiger partial charge in [-0.15, -0.1) is 11.8 Å². The van der Waals surface area contributed by atoms with Gasteiger partial charge in [0.25, 0.3) is 0 Å². The normalized spacial score (nSPS) is 37.0. The molecule has 0 nitrogen and oxygen atoms in total. The minimum absolute atomic E-state index is 0.895. The predicted molar refractivity (Wildman–Crippen MR) is 197 cm³/mol. The van der Waals surface area contributed by atoms with Crippen molar-refractivity contribution in [2.75, 3.05) is 0 Å². The van der Waals surface area contributed by atoms with Crippen LogP contribution in [0.4, 0.5) is 0 Å². The maximum Gasteiger partial charge on any atom is 0.0160 e. The molecule has 0 aromatic rings. The molecule has 9 atom stereocenters. The quantitative estimate of drug-likeness (QED) is 0.184. The molecule has 0 saturated heterocycles. The van der Waals surface area contributed by atoms with E-state index in [0.717, 1.165) is 64.4 Å². The molecule has 0 amide bonds.